The number of ether oxygens (including phenoxy) is 2. The van der Waals surface area contributed by atoms with Crippen LogP contribution >= 0.6 is 0 Å². The van der Waals surface area contributed by atoms with E-state index in [2.05, 4.69) is 45.2 Å². The summed E-state index contributed by atoms with van der Waals surface area (Å²) in [6.45, 7) is 13.4. The molecule has 1 fully saturated rings. The standard InChI is InChI=1S/C27H39NO4/c1-7-31-26(30)24-17-22(18-28-24)32-25(29)16-20(3)11-8-10-19(2)13-14-23-21(4)12-9-15-27(23,5)6/h8,10-11,13-14,16,22,24,28H,7,9,12,15,17-18H2,1-6H3/b11-8+,14-13+,19-10+,20-16+. The van der Waals surface area contributed by atoms with Crippen molar-refractivity contribution in [3.05, 3.63) is 58.7 Å². The van der Waals surface area contributed by atoms with Crippen molar-refractivity contribution in [1.29, 1.82) is 0 Å². The summed E-state index contributed by atoms with van der Waals surface area (Å²) in [5.41, 5.74) is 5.14. The molecule has 176 valence electrons. The van der Waals surface area contributed by atoms with Crippen LogP contribution in [0.4, 0.5) is 0 Å². The largest absolute Gasteiger partial charge is 0.465 e. The molecule has 1 saturated heterocycles. The second-order valence-corrected chi connectivity index (χ2v) is 9.43. The van der Waals surface area contributed by atoms with E-state index in [0.717, 1.165) is 11.1 Å². The summed E-state index contributed by atoms with van der Waals surface area (Å²) in [5, 5.41) is 3.04. The fourth-order valence-electron chi connectivity index (χ4n) is 4.28. The number of hydrogen-bond donors (Lipinski definition) is 1. The van der Waals surface area contributed by atoms with Gasteiger partial charge in [-0.1, -0.05) is 55.4 Å². The van der Waals surface area contributed by atoms with Crippen LogP contribution in [0.5, 0.6) is 0 Å². The van der Waals surface area contributed by atoms with Gasteiger partial charge in [0.2, 0.25) is 0 Å². The lowest BCUT2D eigenvalue weighted by Crippen LogP contribution is -2.32. The van der Waals surface area contributed by atoms with Crippen LogP contribution in [0, 0.1) is 5.41 Å². The molecule has 1 aliphatic heterocycles. The molecule has 0 amide bonds. The van der Waals surface area contributed by atoms with Gasteiger partial charge in [-0.05, 0) is 63.5 Å². The zero-order valence-corrected chi connectivity index (χ0v) is 20.5. The Morgan fingerprint density at radius 3 is 2.62 bits per heavy atom. The first-order valence-electron chi connectivity index (χ1n) is 11.6. The van der Waals surface area contributed by atoms with Gasteiger partial charge in [-0.2, -0.15) is 0 Å². The first-order chi connectivity index (χ1) is 15.1. The molecule has 0 aromatic carbocycles. The monoisotopic (exact) mass is 441 g/mol. The maximum absolute atomic E-state index is 12.2. The molecule has 1 N–H and O–H groups in total. The van der Waals surface area contributed by atoms with E-state index in [0.29, 0.717) is 19.6 Å². The Morgan fingerprint density at radius 2 is 1.94 bits per heavy atom. The lowest BCUT2D eigenvalue weighted by molar-refractivity contribution is -0.147. The van der Waals surface area contributed by atoms with Crippen LogP contribution in [0.15, 0.2) is 58.7 Å². The average molecular weight is 442 g/mol. The topological polar surface area (TPSA) is 64.6 Å². The van der Waals surface area contributed by atoms with Gasteiger partial charge >= 0.3 is 11.9 Å². The fourth-order valence-corrected chi connectivity index (χ4v) is 4.28. The molecule has 2 aliphatic rings. The van der Waals surface area contributed by atoms with Crippen LogP contribution in [0.1, 0.15) is 67.2 Å². The van der Waals surface area contributed by atoms with Crippen molar-refractivity contribution in [3.8, 4) is 0 Å². The van der Waals surface area contributed by atoms with E-state index in [1.807, 2.05) is 25.2 Å². The number of nitrogens with one attached hydrogen (secondary N) is 1. The van der Waals surface area contributed by atoms with E-state index >= 15 is 0 Å². The normalized spacial score (nSPS) is 24.4. The minimum atomic E-state index is -0.405. The van der Waals surface area contributed by atoms with Crippen molar-refractivity contribution < 1.29 is 19.1 Å². The summed E-state index contributed by atoms with van der Waals surface area (Å²) in [7, 11) is 0. The van der Waals surface area contributed by atoms with Gasteiger partial charge in [-0.15, -0.1) is 0 Å². The van der Waals surface area contributed by atoms with Crippen LogP contribution in [0.2, 0.25) is 0 Å². The molecule has 0 saturated carbocycles. The predicted molar refractivity (Wildman–Crippen MR) is 129 cm³/mol. The third-order valence-electron chi connectivity index (χ3n) is 6.06. The van der Waals surface area contributed by atoms with Crippen LogP contribution in [-0.4, -0.2) is 37.2 Å². The van der Waals surface area contributed by atoms with E-state index in [-0.39, 0.29) is 17.5 Å². The molecular formula is C27H39NO4. The smallest absolute Gasteiger partial charge is 0.331 e. The van der Waals surface area contributed by atoms with Crippen LogP contribution in [0.3, 0.4) is 0 Å². The van der Waals surface area contributed by atoms with Crippen molar-refractivity contribution in [2.24, 2.45) is 5.41 Å². The Morgan fingerprint density at radius 1 is 1.19 bits per heavy atom. The first kappa shape index (κ1) is 25.9. The number of allylic oxidation sites excluding steroid dienone is 9. The van der Waals surface area contributed by atoms with Gasteiger partial charge in [0.15, 0.2) is 0 Å². The maximum Gasteiger partial charge on any atom is 0.331 e. The number of carbonyl (C=O) groups is 2. The molecule has 1 aliphatic carbocycles. The molecule has 0 radical (unpaired) electrons. The van der Waals surface area contributed by atoms with E-state index < -0.39 is 12.0 Å². The highest BCUT2D eigenvalue weighted by Crippen LogP contribution is 2.40. The van der Waals surface area contributed by atoms with Crippen molar-refractivity contribution in [2.45, 2.75) is 79.4 Å². The molecule has 2 atom stereocenters. The van der Waals surface area contributed by atoms with Crippen LogP contribution in [0.25, 0.3) is 0 Å². The molecule has 1 heterocycles. The highest BCUT2D eigenvalue weighted by molar-refractivity contribution is 5.83. The van der Waals surface area contributed by atoms with E-state index in [4.69, 9.17) is 9.47 Å². The van der Waals surface area contributed by atoms with Crippen molar-refractivity contribution in [2.75, 3.05) is 13.2 Å². The third-order valence-corrected chi connectivity index (χ3v) is 6.06. The molecule has 5 heteroatoms. The lowest BCUT2D eigenvalue weighted by Gasteiger charge is -2.32. The van der Waals surface area contributed by atoms with Gasteiger partial charge in [0, 0.05) is 19.0 Å². The summed E-state index contributed by atoms with van der Waals surface area (Å²) in [5.74, 6) is -0.693. The maximum atomic E-state index is 12.2. The van der Waals surface area contributed by atoms with Gasteiger partial charge in [-0.3, -0.25) is 4.79 Å². The summed E-state index contributed by atoms with van der Waals surface area (Å²) in [6, 6.07) is -0.405. The highest BCUT2D eigenvalue weighted by Gasteiger charge is 2.32. The third kappa shape index (κ3) is 7.94. The summed E-state index contributed by atoms with van der Waals surface area (Å²) >= 11 is 0. The number of rotatable bonds is 8. The van der Waals surface area contributed by atoms with Crippen molar-refractivity contribution >= 4 is 11.9 Å². The Bertz CT molecular complexity index is 842. The Labute approximate surface area is 193 Å². The molecule has 2 rings (SSSR count). The highest BCUT2D eigenvalue weighted by atomic mass is 16.5. The lowest BCUT2D eigenvalue weighted by atomic mass is 9.72. The molecular weight excluding hydrogens is 402 g/mol. The second kappa shape index (κ2) is 12.0. The molecule has 0 spiro atoms. The van der Waals surface area contributed by atoms with Gasteiger partial charge in [0.1, 0.15) is 12.1 Å². The fraction of sp³-hybridized carbons (Fsp3) is 0.556. The molecule has 0 aromatic heterocycles. The number of esters is 2. The van der Waals surface area contributed by atoms with Crippen LogP contribution in [-0.2, 0) is 19.1 Å². The Hall–Kier alpha value is -2.40. The zero-order chi connectivity index (χ0) is 23.7. The second-order valence-electron chi connectivity index (χ2n) is 9.43. The van der Waals surface area contributed by atoms with Gasteiger partial charge in [-0.25, -0.2) is 4.79 Å². The van der Waals surface area contributed by atoms with Crippen molar-refractivity contribution in [3.63, 3.8) is 0 Å². The molecule has 2 unspecified atom stereocenters. The van der Waals surface area contributed by atoms with E-state index in [1.54, 1.807) is 6.92 Å². The van der Waals surface area contributed by atoms with Gasteiger partial charge in [0.05, 0.1) is 6.61 Å². The first-order valence-corrected chi connectivity index (χ1v) is 11.6. The summed E-state index contributed by atoms with van der Waals surface area (Å²) < 4.78 is 10.5. The van der Waals surface area contributed by atoms with Gasteiger partial charge < -0.3 is 14.8 Å². The average Bonchev–Trinajstić information content (AvgIpc) is 3.15. The van der Waals surface area contributed by atoms with Crippen molar-refractivity contribution in [1.82, 2.24) is 5.32 Å². The Balaban J connectivity index is 1.86. The van der Waals surface area contributed by atoms with Crippen LogP contribution < -0.4 is 5.32 Å². The van der Waals surface area contributed by atoms with Gasteiger partial charge in [0.25, 0.3) is 0 Å². The van der Waals surface area contributed by atoms with E-state index in [9.17, 15) is 9.59 Å². The summed E-state index contributed by atoms with van der Waals surface area (Å²) in [6.07, 6.45) is 15.6. The number of carbonyl (C=O) groups excluding carboxylic acids is 2. The van der Waals surface area contributed by atoms with E-state index in [1.165, 1.54) is 36.5 Å². The Kier molecular flexibility index (Phi) is 9.70. The quantitative estimate of drug-likeness (QED) is 0.312. The number of hydrogen-bond acceptors (Lipinski definition) is 5. The molecule has 5 nitrogen and oxygen atoms in total. The predicted octanol–water partition coefficient (Wildman–Crippen LogP) is 5.35. The minimum absolute atomic E-state index is 0.236. The zero-order valence-electron chi connectivity index (χ0n) is 20.5. The summed E-state index contributed by atoms with van der Waals surface area (Å²) in [4.78, 5) is 23.9. The molecule has 32 heavy (non-hydrogen) atoms. The molecule has 0 bridgehead atoms. The minimum Gasteiger partial charge on any atom is -0.465 e. The molecule has 0 aromatic rings. The SMILES string of the molecule is CCOC(=O)C1CC(OC(=O)/C=C(C)/C=C/C=C(C)/C=C/C2=C(C)CCCC2(C)C)CN1.